The predicted octanol–water partition coefficient (Wildman–Crippen LogP) is -0.413. The Labute approximate surface area is 111 Å². The van der Waals surface area contributed by atoms with E-state index in [1.807, 2.05) is 0 Å². The Morgan fingerprint density at radius 2 is 2.00 bits per heavy atom. The van der Waals surface area contributed by atoms with Crippen molar-refractivity contribution in [3.8, 4) is 0 Å². The topological polar surface area (TPSA) is 74.7 Å². The number of hydrogen-bond acceptors (Lipinski definition) is 3. The van der Waals surface area contributed by atoms with Crippen LogP contribution in [-0.2, 0) is 14.9 Å². The monoisotopic (exact) mass is 237 g/mol. The van der Waals surface area contributed by atoms with Crippen LogP contribution >= 0.6 is 0 Å². The van der Waals surface area contributed by atoms with Gasteiger partial charge in [0.2, 0.25) is 5.91 Å². The van der Waals surface area contributed by atoms with Crippen LogP contribution < -0.4 is 0 Å². The molecular weight excluding hydrogens is 222 g/mol. The van der Waals surface area contributed by atoms with Crippen molar-refractivity contribution in [3.05, 3.63) is 0 Å². The standard InChI is InChI=1S/C6H13NO4S.Ca.2H/c1-6(8)7(2)4-3-5-12(9,10)11;;;/h3-5H2,1-2H3,(H,9,10,11);;;/q;+2;2*-1. The second kappa shape index (κ2) is 7.00. The fourth-order valence-electron chi connectivity index (χ4n) is 0.642. The molecule has 76 valence electrons. The normalized spacial score (nSPS) is 10.4. The molecule has 1 amide bonds. The first kappa shape index (κ1) is 16.1. The van der Waals surface area contributed by atoms with E-state index in [2.05, 4.69) is 0 Å². The van der Waals surface area contributed by atoms with Crippen molar-refractivity contribution >= 4 is 53.8 Å². The molecule has 0 spiro atoms. The van der Waals surface area contributed by atoms with Gasteiger partial charge in [0, 0.05) is 20.5 Å². The third-order valence-electron chi connectivity index (χ3n) is 1.43. The predicted molar refractivity (Wildman–Crippen MR) is 52.3 cm³/mol. The van der Waals surface area contributed by atoms with Crippen LogP contribution in [0.25, 0.3) is 0 Å². The molecule has 0 heterocycles. The first-order valence-corrected chi connectivity index (χ1v) is 5.10. The van der Waals surface area contributed by atoms with Crippen LogP contribution in [-0.4, -0.2) is 80.9 Å². The molecule has 0 saturated carbocycles. The summed E-state index contributed by atoms with van der Waals surface area (Å²) in [4.78, 5) is 12.0. The Kier molecular flexibility index (Phi) is 8.66. The van der Waals surface area contributed by atoms with Crippen LogP contribution in [0.3, 0.4) is 0 Å². The zero-order chi connectivity index (χ0) is 9.78. The van der Waals surface area contributed by atoms with Gasteiger partial charge < -0.3 is 7.75 Å². The van der Waals surface area contributed by atoms with Gasteiger partial charge in [0.05, 0.1) is 5.75 Å². The third-order valence-corrected chi connectivity index (χ3v) is 2.24. The van der Waals surface area contributed by atoms with E-state index in [1.165, 1.54) is 11.8 Å². The smallest absolute Gasteiger partial charge is 1.00 e. The first-order chi connectivity index (χ1) is 5.33. The number of hydrogen-bond donors (Lipinski definition) is 1. The van der Waals surface area contributed by atoms with Crippen molar-refractivity contribution in [2.24, 2.45) is 0 Å². The molecule has 13 heavy (non-hydrogen) atoms. The number of carbonyl (C=O) groups is 1. The van der Waals surface area contributed by atoms with E-state index in [0.717, 1.165) is 0 Å². The minimum atomic E-state index is -3.88. The molecule has 0 fully saturated rings. The molecule has 0 aromatic carbocycles. The number of carbonyl (C=O) groups excluding carboxylic acids is 1. The summed E-state index contributed by atoms with van der Waals surface area (Å²) in [6.45, 7) is 1.74. The van der Waals surface area contributed by atoms with E-state index in [1.54, 1.807) is 7.05 Å². The summed E-state index contributed by atoms with van der Waals surface area (Å²) in [7, 11) is -2.31. The average molecular weight is 237 g/mol. The Hall–Kier alpha value is 0.640. The van der Waals surface area contributed by atoms with Gasteiger partial charge in [0.15, 0.2) is 0 Å². The minimum absolute atomic E-state index is 0. The zero-order valence-corrected chi connectivity index (χ0v) is 10.9. The van der Waals surface area contributed by atoms with Gasteiger partial charge in [-0.25, -0.2) is 0 Å². The Balaban J connectivity index is -0.000000202. The van der Waals surface area contributed by atoms with Gasteiger partial charge in [-0.3, -0.25) is 9.35 Å². The molecule has 0 radical (unpaired) electrons. The van der Waals surface area contributed by atoms with Crippen molar-refractivity contribution in [1.29, 1.82) is 0 Å². The maximum atomic E-state index is 10.6. The van der Waals surface area contributed by atoms with Crippen LogP contribution in [0.15, 0.2) is 0 Å². The number of nitrogens with zero attached hydrogens (tertiary/aromatic N) is 1. The van der Waals surface area contributed by atoms with Crippen molar-refractivity contribution in [1.82, 2.24) is 4.90 Å². The van der Waals surface area contributed by atoms with Gasteiger partial charge in [0.1, 0.15) is 0 Å². The molecule has 0 aromatic rings. The molecule has 0 saturated heterocycles. The summed E-state index contributed by atoms with van der Waals surface area (Å²) in [5.41, 5.74) is 0. The quantitative estimate of drug-likeness (QED) is 0.532. The number of rotatable bonds is 4. The van der Waals surface area contributed by atoms with Gasteiger partial charge >= 0.3 is 37.7 Å². The van der Waals surface area contributed by atoms with E-state index in [0.29, 0.717) is 6.54 Å². The van der Waals surface area contributed by atoms with Crippen molar-refractivity contribution < 1.29 is 20.6 Å². The van der Waals surface area contributed by atoms with Crippen molar-refractivity contribution in [2.75, 3.05) is 19.3 Å². The molecule has 7 heteroatoms. The van der Waals surface area contributed by atoms with Gasteiger partial charge in [-0.1, -0.05) is 0 Å². The van der Waals surface area contributed by atoms with Crippen LogP contribution in [0.4, 0.5) is 0 Å². The summed E-state index contributed by atoms with van der Waals surface area (Å²) >= 11 is 0. The van der Waals surface area contributed by atoms with E-state index < -0.39 is 10.1 Å². The molecule has 1 N–H and O–H groups in total. The first-order valence-electron chi connectivity index (χ1n) is 3.50. The SMILES string of the molecule is CC(=O)N(C)CCCS(=O)(=O)O.[Ca+2].[H-].[H-]. The van der Waals surface area contributed by atoms with Gasteiger partial charge in [0.25, 0.3) is 10.1 Å². The summed E-state index contributed by atoms with van der Waals surface area (Å²) < 4.78 is 28.8. The van der Waals surface area contributed by atoms with Gasteiger partial charge in [-0.05, 0) is 6.42 Å². The fraction of sp³-hybridized carbons (Fsp3) is 0.833. The molecule has 0 bridgehead atoms. The Bertz CT molecular complexity index is 260. The molecule has 0 atom stereocenters. The summed E-state index contributed by atoms with van der Waals surface area (Å²) in [6, 6.07) is 0. The van der Waals surface area contributed by atoms with E-state index in [9.17, 15) is 13.2 Å². The van der Waals surface area contributed by atoms with Gasteiger partial charge in [-0.15, -0.1) is 0 Å². The molecule has 0 aliphatic carbocycles. The van der Waals surface area contributed by atoms with E-state index in [-0.39, 0.29) is 58.7 Å². The Morgan fingerprint density at radius 1 is 1.54 bits per heavy atom. The summed E-state index contributed by atoms with van der Waals surface area (Å²) in [6.07, 6.45) is 0.259. The molecule has 0 unspecified atom stereocenters. The second-order valence-electron chi connectivity index (χ2n) is 2.58. The zero-order valence-electron chi connectivity index (χ0n) is 9.86. The molecule has 0 aliphatic rings. The van der Waals surface area contributed by atoms with Crippen molar-refractivity contribution in [2.45, 2.75) is 13.3 Å². The number of amides is 1. The summed E-state index contributed by atoms with van der Waals surface area (Å²) in [5.74, 6) is -0.421. The molecule has 0 aliphatic heterocycles. The maximum Gasteiger partial charge on any atom is 2.00 e. The van der Waals surface area contributed by atoms with Crippen LogP contribution in [0.2, 0.25) is 0 Å². The van der Waals surface area contributed by atoms with E-state index in [4.69, 9.17) is 4.55 Å². The van der Waals surface area contributed by atoms with E-state index >= 15 is 0 Å². The molecule has 0 aromatic heterocycles. The third kappa shape index (κ3) is 10.6. The largest absolute Gasteiger partial charge is 2.00 e. The average Bonchev–Trinajstić information content (AvgIpc) is 1.84. The van der Waals surface area contributed by atoms with Crippen LogP contribution in [0.1, 0.15) is 16.2 Å². The molecular formula is C6H15CaNO4S. The van der Waals surface area contributed by atoms with Crippen LogP contribution in [0.5, 0.6) is 0 Å². The fourth-order valence-corrected chi connectivity index (χ4v) is 1.14. The van der Waals surface area contributed by atoms with Crippen LogP contribution in [0, 0.1) is 0 Å². The Morgan fingerprint density at radius 3 is 2.31 bits per heavy atom. The molecule has 0 rings (SSSR count). The molecule has 5 nitrogen and oxygen atoms in total. The minimum Gasteiger partial charge on any atom is -1.00 e. The maximum absolute atomic E-state index is 10.6. The second-order valence-corrected chi connectivity index (χ2v) is 4.15. The summed E-state index contributed by atoms with van der Waals surface area (Å²) in [5, 5.41) is 0. The van der Waals surface area contributed by atoms with Crippen molar-refractivity contribution in [3.63, 3.8) is 0 Å². The van der Waals surface area contributed by atoms with Gasteiger partial charge in [-0.2, -0.15) is 8.42 Å².